The van der Waals surface area contributed by atoms with E-state index in [1.807, 2.05) is 19.9 Å². The Morgan fingerprint density at radius 3 is 2.82 bits per heavy atom. The summed E-state index contributed by atoms with van der Waals surface area (Å²) in [4.78, 5) is 9.08. The van der Waals surface area contributed by atoms with Crippen molar-refractivity contribution >= 4 is 21.7 Å². The lowest BCUT2D eigenvalue weighted by Crippen LogP contribution is -2.10. The maximum Gasteiger partial charge on any atom is 0.218 e. The van der Waals surface area contributed by atoms with Gasteiger partial charge >= 0.3 is 0 Å². The van der Waals surface area contributed by atoms with Gasteiger partial charge in [-0.2, -0.15) is 4.98 Å². The van der Waals surface area contributed by atoms with E-state index in [9.17, 15) is 0 Å². The summed E-state index contributed by atoms with van der Waals surface area (Å²) in [6.45, 7) is 7.50. The van der Waals surface area contributed by atoms with Gasteiger partial charge in [0.1, 0.15) is 11.6 Å². The predicted molar refractivity (Wildman–Crippen MR) is 74.1 cm³/mol. The van der Waals surface area contributed by atoms with Gasteiger partial charge in [-0.25, -0.2) is 4.98 Å². The third-order valence-electron chi connectivity index (χ3n) is 2.31. The Balaban J connectivity index is 2.52. The summed E-state index contributed by atoms with van der Waals surface area (Å²) >= 11 is 3.61. The average molecular weight is 302 g/mol. The topological polar surface area (TPSA) is 47.0 Å². The van der Waals surface area contributed by atoms with E-state index in [4.69, 9.17) is 4.74 Å². The summed E-state index contributed by atoms with van der Waals surface area (Å²) in [5, 5.41) is 3.29. The number of halogens is 1. The molecule has 0 aromatic carbocycles. The molecule has 0 fully saturated rings. The molecule has 4 nitrogen and oxygen atoms in total. The quantitative estimate of drug-likeness (QED) is 0.786. The molecule has 0 saturated carbocycles. The minimum Gasteiger partial charge on any atom is -0.478 e. The number of nitrogens with one attached hydrogen (secondary N) is 1. The zero-order valence-corrected chi connectivity index (χ0v) is 12.2. The van der Waals surface area contributed by atoms with E-state index in [1.54, 1.807) is 0 Å². The normalized spacial score (nSPS) is 12.2. The van der Waals surface area contributed by atoms with Crippen molar-refractivity contribution in [2.45, 2.75) is 38.4 Å². The van der Waals surface area contributed by atoms with Crippen molar-refractivity contribution in [3.63, 3.8) is 0 Å². The van der Waals surface area contributed by atoms with E-state index >= 15 is 0 Å². The summed E-state index contributed by atoms with van der Waals surface area (Å²) < 4.78 is 5.38. The molecular weight excluding hydrogens is 282 g/mol. The number of aryl methyl sites for hydroxylation is 1. The molecular formula is C12H20BrN3O. The molecule has 96 valence electrons. The third-order valence-corrected chi connectivity index (χ3v) is 3.42. The Morgan fingerprint density at radius 1 is 1.41 bits per heavy atom. The van der Waals surface area contributed by atoms with E-state index < -0.39 is 0 Å². The van der Waals surface area contributed by atoms with Crippen LogP contribution < -0.4 is 10.1 Å². The van der Waals surface area contributed by atoms with Gasteiger partial charge < -0.3 is 10.1 Å². The van der Waals surface area contributed by atoms with Crippen LogP contribution in [0.25, 0.3) is 0 Å². The lowest BCUT2D eigenvalue weighted by molar-refractivity contribution is 0.325. The van der Waals surface area contributed by atoms with Crippen molar-refractivity contribution in [3.8, 4) is 5.88 Å². The van der Waals surface area contributed by atoms with Crippen molar-refractivity contribution in [1.29, 1.82) is 0 Å². The van der Waals surface area contributed by atoms with E-state index in [0.29, 0.717) is 17.3 Å². The number of rotatable bonds is 7. The maximum atomic E-state index is 5.38. The SMILES string of the molecule is CCOc1cc(NCCC(Br)CC)nc(C)n1. The molecule has 0 aliphatic heterocycles. The highest BCUT2D eigenvalue weighted by atomic mass is 79.9. The molecule has 1 aromatic heterocycles. The van der Waals surface area contributed by atoms with Crippen LogP contribution in [0.2, 0.25) is 0 Å². The Kier molecular flexibility index (Phi) is 6.26. The molecule has 0 aliphatic carbocycles. The van der Waals surface area contributed by atoms with Gasteiger partial charge in [0.25, 0.3) is 0 Å². The van der Waals surface area contributed by atoms with Crippen molar-refractivity contribution in [1.82, 2.24) is 9.97 Å². The first kappa shape index (κ1) is 14.2. The maximum absolute atomic E-state index is 5.38. The van der Waals surface area contributed by atoms with Crippen LogP contribution in [0.15, 0.2) is 6.07 Å². The number of alkyl halides is 1. The molecule has 1 rings (SSSR count). The molecule has 1 atom stereocenters. The first-order chi connectivity index (χ1) is 8.15. The Hall–Kier alpha value is -0.840. The van der Waals surface area contributed by atoms with Gasteiger partial charge in [-0.1, -0.05) is 22.9 Å². The predicted octanol–water partition coefficient (Wildman–Crippen LogP) is 3.16. The number of hydrogen-bond acceptors (Lipinski definition) is 4. The Labute approximate surface area is 111 Å². The minimum atomic E-state index is 0.560. The molecule has 5 heteroatoms. The summed E-state index contributed by atoms with van der Waals surface area (Å²) in [6, 6.07) is 1.84. The zero-order valence-electron chi connectivity index (χ0n) is 10.7. The number of nitrogens with zero attached hydrogens (tertiary/aromatic N) is 2. The van der Waals surface area contributed by atoms with Gasteiger partial charge in [0, 0.05) is 17.4 Å². The van der Waals surface area contributed by atoms with Gasteiger partial charge in [0.2, 0.25) is 5.88 Å². The second-order valence-electron chi connectivity index (χ2n) is 3.79. The first-order valence-electron chi connectivity index (χ1n) is 6.02. The van der Waals surface area contributed by atoms with Crippen molar-refractivity contribution in [2.75, 3.05) is 18.5 Å². The van der Waals surface area contributed by atoms with Crippen molar-refractivity contribution in [2.24, 2.45) is 0 Å². The smallest absolute Gasteiger partial charge is 0.218 e. The summed E-state index contributed by atoms with van der Waals surface area (Å²) in [5.74, 6) is 2.19. The molecule has 17 heavy (non-hydrogen) atoms. The summed E-state index contributed by atoms with van der Waals surface area (Å²) in [7, 11) is 0. The monoisotopic (exact) mass is 301 g/mol. The van der Waals surface area contributed by atoms with Crippen LogP contribution >= 0.6 is 15.9 Å². The van der Waals surface area contributed by atoms with Crippen LogP contribution in [0.4, 0.5) is 5.82 Å². The Bertz CT molecular complexity index is 347. The third kappa shape index (κ3) is 5.35. The van der Waals surface area contributed by atoms with E-state index in [1.165, 1.54) is 0 Å². The van der Waals surface area contributed by atoms with Gasteiger partial charge in [0.05, 0.1) is 6.61 Å². The van der Waals surface area contributed by atoms with Crippen LogP contribution in [-0.4, -0.2) is 27.9 Å². The first-order valence-corrected chi connectivity index (χ1v) is 6.93. The van der Waals surface area contributed by atoms with E-state index in [-0.39, 0.29) is 0 Å². The molecule has 0 radical (unpaired) electrons. The van der Waals surface area contributed by atoms with Crippen molar-refractivity contribution in [3.05, 3.63) is 11.9 Å². The number of anilines is 1. The molecule has 1 N–H and O–H groups in total. The fraction of sp³-hybridized carbons (Fsp3) is 0.667. The molecule has 0 spiro atoms. The summed E-state index contributed by atoms with van der Waals surface area (Å²) in [6.07, 6.45) is 2.21. The fourth-order valence-corrected chi connectivity index (χ4v) is 1.64. The largest absolute Gasteiger partial charge is 0.478 e. The van der Waals surface area contributed by atoms with Gasteiger partial charge in [0.15, 0.2) is 0 Å². The van der Waals surface area contributed by atoms with Gasteiger partial charge in [-0.15, -0.1) is 0 Å². The van der Waals surface area contributed by atoms with Crippen molar-refractivity contribution < 1.29 is 4.74 Å². The highest BCUT2D eigenvalue weighted by Crippen LogP contribution is 2.14. The van der Waals surface area contributed by atoms with Crippen LogP contribution in [0.1, 0.15) is 32.5 Å². The molecule has 0 bridgehead atoms. The zero-order chi connectivity index (χ0) is 12.7. The highest BCUT2D eigenvalue weighted by Gasteiger charge is 2.04. The van der Waals surface area contributed by atoms with Crippen LogP contribution in [-0.2, 0) is 0 Å². The van der Waals surface area contributed by atoms with Crippen LogP contribution in [0, 0.1) is 6.92 Å². The van der Waals surface area contributed by atoms with E-state index in [2.05, 4.69) is 38.1 Å². The lowest BCUT2D eigenvalue weighted by atomic mass is 10.2. The molecule has 1 aromatic rings. The molecule has 0 amide bonds. The molecule has 0 saturated heterocycles. The second-order valence-corrected chi connectivity index (χ2v) is 5.09. The average Bonchev–Trinajstić information content (AvgIpc) is 2.28. The highest BCUT2D eigenvalue weighted by molar-refractivity contribution is 9.09. The fourth-order valence-electron chi connectivity index (χ4n) is 1.41. The van der Waals surface area contributed by atoms with Crippen LogP contribution in [0.5, 0.6) is 5.88 Å². The van der Waals surface area contributed by atoms with Gasteiger partial charge in [-0.05, 0) is 26.7 Å². The molecule has 0 aliphatic rings. The summed E-state index contributed by atoms with van der Waals surface area (Å²) in [5.41, 5.74) is 0. The van der Waals surface area contributed by atoms with Crippen LogP contribution in [0.3, 0.4) is 0 Å². The van der Waals surface area contributed by atoms with Gasteiger partial charge in [-0.3, -0.25) is 0 Å². The lowest BCUT2D eigenvalue weighted by Gasteiger charge is -2.10. The van der Waals surface area contributed by atoms with E-state index in [0.717, 1.165) is 31.0 Å². The standard InChI is InChI=1S/C12H20BrN3O/c1-4-10(13)6-7-14-11-8-12(17-5-2)16-9(3)15-11/h8,10H,4-7H2,1-3H3,(H,14,15,16). The molecule has 1 heterocycles. The Morgan fingerprint density at radius 2 is 2.18 bits per heavy atom. The minimum absolute atomic E-state index is 0.560. The number of aromatic nitrogens is 2. The number of hydrogen-bond donors (Lipinski definition) is 1. The number of ether oxygens (including phenoxy) is 1. The second kappa shape index (κ2) is 7.48. The molecule has 1 unspecified atom stereocenters.